The van der Waals surface area contributed by atoms with Crippen LogP contribution in [0.4, 0.5) is 0 Å². The second-order valence-electron chi connectivity index (χ2n) is 4.82. The Morgan fingerprint density at radius 2 is 2.00 bits per heavy atom. The monoisotopic (exact) mass is 258 g/mol. The number of carboxylic acid groups (broad SMARTS) is 1. The number of hydrogen-bond donors (Lipinski definition) is 3. The molecule has 0 bridgehead atoms. The summed E-state index contributed by atoms with van der Waals surface area (Å²) >= 11 is 0. The first-order valence-electron chi connectivity index (χ1n) is 6.30. The van der Waals surface area contributed by atoms with E-state index in [-0.39, 0.29) is 19.0 Å². The fraction of sp³-hybridized carbons (Fsp3) is 0.833. The summed E-state index contributed by atoms with van der Waals surface area (Å²) in [4.78, 5) is 23.1. The number of aliphatic carboxylic acids is 1. The number of nitrogens with one attached hydrogen (secondary N) is 1. The molecule has 0 radical (unpaired) electrons. The lowest BCUT2D eigenvalue weighted by Gasteiger charge is -2.33. The molecule has 0 heterocycles. The lowest BCUT2D eigenvalue weighted by atomic mass is 9.74. The zero-order chi connectivity index (χ0) is 13.6. The Balaban J connectivity index is 2.57. The predicted octanol–water partition coefficient (Wildman–Crippen LogP) is 0.111. The molecule has 1 rings (SSSR count). The first-order chi connectivity index (χ1) is 8.55. The molecule has 4 N–H and O–H groups in total. The van der Waals surface area contributed by atoms with Gasteiger partial charge in [-0.25, -0.2) is 0 Å². The van der Waals surface area contributed by atoms with Gasteiger partial charge in [-0.15, -0.1) is 0 Å². The van der Waals surface area contributed by atoms with Crippen molar-refractivity contribution in [3.8, 4) is 0 Å². The highest BCUT2D eigenvalue weighted by Gasteiger charge is 2.40. The van der Waals surface area contributed by atoms with Crippen molar-refractivity contribution in [3.05, 3.63) is 0 Å². The number of carbonyl (C=O) groups is 2. The van der Waals surface area contributed by atoms with Gasteiger partial charge < -0.3 is 20.9 Å². The van der Waals surface area contributed by atoms with E-state index in [2.05, 4.69) is 5.32 Å². The van der Waals surface area contributed by atoms with E-state index in [1.807, 2.05) is 0 Å². The molecule has 6 heteroatoms. The minimum absolute atomic E-state index is 0.0857. The molecule has 6 nitrogen and oxygen atoms in total. The second kappa shape index (κ2) is 6.70. The summed E-state index contributed by atoms with van der Waals surface area (Å²) in [5, 5.41) is 12.0. The molecule has 0 aliphatic heterocycles. The number of methoxy groups -OCH3 is 1. The number of amides is 1. The Labute approximate surface area is 107 Å². The molecule has 1 aliphatic carbocycles. The first-order valence-corrected chi connectivity index (χ1v) is 6.30. The van der Waals surface area contributed by atoms with Crippen molar-refractivity contribution in [2.24, 2.45) is 11.1 Å². The van der Waals surface area contributed by atoms with E-state index in [0.29, 0.717) is 12.8 Å². The van der Waals surface area contributed by atoms with Crippen molar-refractivity contribution in [1.29, 1.82) is 0 Å². The zero-order valence-electron chi connectivity index (χ0n) is 10.8. The number of ether oxygens (including phenoxy) is 1. The van der Waals surface area contributed by atoms with Crippen LogP contribution < -0.4 is 11.1 Å². The molecule has 1 aliphatic rings. The maximum absolute atomic E-state index is 11.7. The molecule has 1 saturated carbocycles. The number of hydrogen-bond acceptors (Lipinski definition) is 4. The average Bonchev–Trinajstić information content (AvgIpc) is 2.38. The van der Waals surface area contributed by atoms with Gasteiger partial charge in [0.25, 0.3) is 0 Å². The van der Waals surface area contributed by atoms with E-state index in [1.54, 1.807) is 0 Å². The van der Waals surface area contributed by atoms with Crippen molar-refractivity contribution in [1.82, 2.24) is 5.32 Å². The van der Waals surface area contributed by atoms with Crippen LogP contribution in [0.15, 0.2) is 0 Å². The summed E-state index contributed by atoms with van der Waals surface area (Å²) in [6.45, 7) is 0.240. The molecule has 0 saturated heterocycles. The van der Waals surface area contributed by atoms with Gasteiger partial charge in [0.2, 0.25) is 5.91 Å². The highest BCUT2D eigenvalue weighted by atomic mass is 16.5. The van der Waals surface area contributed by atoms with E-state index in [0.717, 1.165) is 19.3 Å². The van der Waals surface area contributed by atoms with Gasteiger partial charge in [-0.2, -0.15) is 0 Å². The quantitative estimate of drug-likeness (QED) is 0.627. The topological polar surface area (TPSA) is 102 Å². The lowest BCUT2D eigenvalue weighted by Crippen LogP contribution is -2.48. The minimum Gasteiger partial charge on any atom is -0.481 e. The molecule has 1 atom stereocenters. The van der Waals surface area contributed by atoms with Gasteiger partial charge in [0.15, 0.2) is 0 Å². The Morgan fingerprint density at radius 1 is 1.39 bits per heavy atom. The molecule has 0 spiro atoms. The first kappa shape index (κ1) is 14.9. The van der Waals surface area contributed by atoms with Gasteiger partial charge >= 0.3 is 5.97 Å². The Morgan fingerprint density at radius 3 is 2.44 bits per heavy atom. The second-order valence-corrected chi connectivity index (χ2v) is 4.82. The van der Waals surface area contributed by atoms with Crippen LogP contribution in [0, 0.1) is 5.41 Å². The van der Waals surface area contributed by atoms with Gasteiger partial charge in [-0.1, -0.05) is 19.3 Å². The summed E-state index contributed by atoms with van der Waals surface area (Å²) in [5.41, 5.74) is 4.56. The standard InChI is InChI=1S/C12H22N2O4/c1-18-9(7-13)10(15)14-8-12(11(16)17)5-3-2-4-6-12/h9H,2-8,13H2,1H3,(H,14,15)(H,16,17). The molecule has 1 unspecified atom stereocenters. The fourth-order valence-corrected chi connectivity index (χ4v) is 2.38. The van der Waals surface area contributed by atoms with Gasteiger partial charge in [0.1, 0.15) is 6.10 Å². The summed E-state index contributed by atoms with van der Waals surface area (Å²) in [5.74, 6) is -1.17. The van der Waals surface area contributed by atoms with Crippen LogP contribution in [-0.2, 0) is 14.3 Å². The summed E-state index contributed by atoms with van der Waals surface area (Å²) in [7, 11) is 1.41. The van der Waals surface area contributed by atoms with Crippen LogP contribution in [0.1, 0.15) is 32.1 Å². The van der Waals surface area contributed by atoms with Crippen LogP contribution in [0.2, 0.25) is 0 Å². The van der Waals surface area contributed by atoms with Crippen LogP contribution in [-0.4, -0.2) is 43.3 Å². The van der Waals surface area contributed by atoms with Crippen LogP contribution >= 0.6 is 0 Å². The Kier molecular flexibility index (Phi) is 5.55. The number of carboxylic acids is 1. The lowest BCUT2D eigenvalue weighted by molar-refractivity contribution is -0.151. The van der Waals surface area contributed by atoms with Gasteiger partial charge in [-0.3, -0.25) is 9.59 Å². The van der Waals surface area contributed by atoms with Gasteiger partial charge in [0, 0.05) is 20.2 Å². The molecule has 0 aromatic heterocycles. The molecule has 0 aromatic carbocycles. The van der Waals surface area contributed by atoms with Crippen molar-refractivity contribution in [2.45, 2.75) is 38.2 Å². The molecule has 18 heavy (non-hydrogen) atoms. The normalized spacial score (nSPS) is 20.1. The summed E-state index contributed by atoms with van der Waals surface area (Å²) < 4.78 is 4.91. The smallest absolute Gasteiger partial charge is 0.311 e. The van der Waals surface area contributed by atoms with Crippen LogP contribution in [0.3, 0.4) is 0 Å². The van der Waals surface area contributed by atoms with E-state index in [1.165, 1.54) is 7.11 Å². The number of nitrogens with two attached hydrogens (primary N) is 1. The molecular weight excluding hydrogens is 236 g/mol. The average molecular weight is 258 g/mol. The van der Waals surface area contributed by atoms with Crippen molar-refractivity contribution < 1.29 is 19.4 Å². The van der Waals surface area contributed by atoms with E-state index >= 15 is 0 Å². The third-order valence-corrected chi connectivity index (χ3v) is 3.66. The Bertz CT molecular complexity index is 296. The minimum atomic E-state index is -0.829. The van der Waals surface area contributed by atoms with Crippen LogP contribution in [0.25, 0.3) is 0 Å². The molecule has 0 aromatic rings. The molecule has 104 valence electrons. The van der Waals surface area contributed by atoms with Crippen molar-refractivity contribution in [2.75, 3.05) is 20.2 Å². The number of carbonyl (C=O) groups excluding carboxylic acids is 1. The van der Waals surface area contributed by atoms with Crippen molar-refractivity contribution >= 4 is 11.9 Å². The SMILES string of the molecule is COC(CN)C(=O)NCC1(C(=O)O)CCCCC1. The van der Waals surface area contributed by atoms with E-state index in [4.69, 9.17) is 10.5 Å². The molecule has 1 amide bonds. The van der Waals surface area contributed by atoms with Crippen molar-refractivity contribution in [3.63, 3.8) is 0 Å². The zero-order valence-corrected chi connectivity index (χ0v) is 10.8. The Hall–Kier alpha value is -1.14. The maximum Gasteiger partial charge on any atom is 0.311 e. The summed E-state index contributed by atoms with van der Waals surface area (Å²) in [6.07, 6.45) is 3.37. The van der Waals surface area contributed by atoms with Gasteiger partial charge in [0.05, 0.1) is 5.41 Å². The highest BCUT2D eigenvalue weighted by Crippen LogP contribution is 2.35. The number of rotatable bonds is 6. The third-order valence-electron chi connectivity index (χ3n) is 3.66. The highest BCUT2D eigenvalue weighted by molar-refractivity contribution is 5.82. The maximum atomic E-state index is 11.7. The predicted molar refractivity (Wildman–Crippen MR) is 66.0 cm³/mol. The van der Waals surface area contributed by atoms with E-state index < -0.39 is 17.5 Å². The molecule has 1 fully saturated rings. The largest absolute Gasteiger partial charge is 0.481 e. The third kappa shape index (κ3) is 3.43. The van der Waals surface area contributed by atoms with Gasteiger partial charge in [-0.05, 0) is 12.8 Å². The molecular formula is C12H22N2O4. The summed E-state index contributed by atoms with van der Waals surface area (Å²) in [6, 6.07) is 0. The van der Waals surface area contributed by atoms with Crippen LogP contribution in [0.5, 0.6) is 0 Å². The van der Waals surface area contributed by atoms with E-state index in [9.17, 15) is 14.7 Å². The fourth-order valence-electron chi connectivity index (χ4n) is 2.38.